The normalized spacial score (nSPS) is 11.7. The first-order valence-corrected chi connectivity index (χ1v) is 5.27. The minimum atomic E-state index is -0.331. The second kappa shape index (κ2) is 5.40. The van der Waals surface area contributed by atoms with E-state index in [-0.39, 0.29) is 18.5 Å². The average molecular weight is 209 g/mol. The Hall–Kier alpha value is -1.34. The fourth-order valence-corrected chi connectivity index (χ4v) is 1.58. The Morgan fingerprint density at radius 2 is 2.57 bits per heavy atom. The van der Waals surface area contributed by atoms with Gasteiger partial charge in [0.2, 0.25) is 0 Å². The second-order valence-electron chi connectivity index (χ2n) is 2.78. The van der Waals surface area contributed by atoms with Crippen LogP contribution in [0.5, 0.6) is 0 Å². The number of hydrogen-bond acceptors (Lipinski definition) is 4. The molecule has 0 aliphatic heterocycles. The number of nitrogens with zero attached hydrogens (tertiary/aromatic N) is 1. The quantitative estimate of drug-likeness (QED) is 0.716. The van der Waals surface area contributed by atoms with Crippen molar-refractivity contribution in [2.24, 2.45) is 0 Å². The first-order valence-electron chi connectivity index (χ1n) is 4.39. The van der Waals surface area contributed by atoms with Gasteiger partial charge in [0.25, 0.3) is 0 Å². The minimum absolute atomic E-state index is 0.258. The van der Waals surface area contributed by atoms with Crippen LogP contribution in [0.1, 0.15) is 29.4 Å². The van der Waals surface area contributed by atoms with Gasteiger partial charge in [-0.15, -0.1) is 11.3 Å². The first kappa shape index (κ1) is 10.7. The highest BCUT2D eigenvalue weighted by Gasteiger charge is 2.14. The van der Waals surface area contributed by atoms with Crippen LogP contribution in [-0.2, 0) is 4.74 Å². The van der Waals surface area contributed by atoms with Gasteiger partial charge >= 0.3 is 5.97 Å². The molecule has 0 aliphatic carbocycles. The van der Waals surface area contributed by atoms with Gasteiger partial charge in [0, 0.05) is 0 Å². The third kappa shape index (κ3) is 2.86. The molecule has 0 spiro atoms. The molecule has 1 rings (SSSR count). The van der Waals surface area contributed by atoms with Crippen LogP contribution < -0.4 is 0 Å². The van der Waals surface area contributed by atoms with Gasteiger partial charge in [-0.25, -0.2) is 4.79 Å². The van der Waals surface area contributed by atoms with E-state index in [0.29, 0.717) is 11.3 Å². The average Bonchev–Trinajstić information content (AvgIpc) is 2.69. The van der Waals surface area contributed by atoms with Crippen molar-refractivity contribution in [3.63, 3.8) is 0 Å². The Bertz CT molecular complexity index is 326. The molecule has 1 aromatic rings. The molecular weight excluding hydrogens is 198 g/mol. The van der Waals surface area contributed by atoms with Crippen molar-refractivity contribution in [2.75, 3.05) is 0 Å². The molecule has 0 saturated heterocycles. The smallest absolute Gasteiger partial charge is 0.348 e. The number of thiophene rings is 1. The Kier molecular flexibility index (Phi) is 4.14. The van der Waals surface area contributed by atoms with Crippen molar-refractivity contribution in [2.45, 2.75) is 25.9 Å². The highest BCUT2D eigenvalue weighted by atomic mass is 32.1. The predicted molar refractivity (Wildman–Crippen MR) is 54.0 cm³/mol. The van der Waals surface area contributed by atoms with Crippen LogP contribution in [0.2, 0.25) is 0 Å². The Morgan fingerprint density at radius 3 is 3.07 bits per heavy atom. The lowest BCUT2D eigenvalue weighted by molar-refractivity contribution is 0.0309. The van der Waals surface area contributed by atoms with Crippen LogP contribution in [0.25, 0.3) is 0 Å². The first-order chi connectivity index (χ1) is 6.77. The molecule has 0 aliphatic rings. The van der Waals surface area contributed by atoms with Crippen molar-refractivity contribution in [1.82, 2.24) is 0 Å². The number of nitriles is 1. The standard InChI is InChI=1S/C10H11NO2S/c1-2-8(5-6-11)13-10(12)9-4-3-7-14-9/h3-4,7-8H,2,5H2,1H3. The van der Waals surface area contributed by atoms with Gasteiger partial charge in [0.1, 0.15) is 11.0 Å². The van der Waals surface area contributed by atoms with Crippen molar-refractivity contribution in [3.05, 3.63) is 22.4 Å². The number of hydrogen-bond donors (Lipinski definition) is 0. The van der Waals surface area contributed by atoms with E-state index in [9.17, 15) is 4.79 Å². The summed E-state index contributed by atoms with van der Waals surface area (Å²) in [5.41, 5.74) is 0. The maximum Gasteiger partial charge on any atom is 0.348 e. The van der Waals surface area contributed by atoms with Crippen LogP contribution in [0.4, 0.5) is 0 Å². The largest absolute Gasteiger partial charge is 0.457 e. The van der Waals surface area contributed by atoms with E-state index < -0.39 is 0 Å². The summed E-state index contributed by atoms with van der Waals surface area (Å²) in [5.74, 6) is -0.331. The number of esters is 1. The summed E-state index contributed by atoms with van der Waals surface area (Å²) in [7, 11) is 0. The fraction of sp³-hybridized carbons (Fsp3) is 0.400. The lowest BCUT2D eigenvalue weighted by Gasteiger charge is -2.11. The molecule has 0 radical (unpaired) electrons. The van der Waals surface area contributed by atoms with E-state index in [1.807, 2.05) is 18.4 Å². The highest BCUT2D eigenvalue weighted by Crippen LogP contribution is 2.13. The van der Waals surface area contributed by atoms with Crippen molar-refractivity contribution in [1.29, 1.82) is 5.26 Å². The molecule has 74 valence electrons. The molecule has 4 heteroatoms. The number of ether oxygens (including phenoxy) is 1. The van der Waals surface area contributed by atoms with E-state index in [4.69, 9.17) is 10.00 Å². The van der Waals surface area contributed by atoms with Gasteiger partial charge in [-0.2, -0.15) is 5.26 Å². The fourth-order valence-electron chi connectivity index (χ4n) is 0.975. The van der Waals surface area contributed by atoms with Gasteiger partial charge in [-0.3, -0.25) is 0 Å². The summed E-state index contributed by atoms with van der Waals surface area (Å²) in [6, 6.07) is 5.51. The Morgan fingerprint density at radius 1 is 1.79 bits per heavy atom. The molecule has 14 heavy (non-hydrogen) atoms. The molecule has 1 unspecified atom stereocenters. The zero-order valence-corrected chi connectivity index (χ0v) is 8.71. The molecule has 1 aromatic heterocycles. The van der Waals surface area contributed by atoms with Gasteiger partial charge in [0.15, 0.2) is 0 Å². The van der Waals surface area contributed by atoms with Crippen LogP contribution in [0.3, 0.4) is 0 Å². The third-order valence-corrected chi connectivity index (χ3v) is 2.62. The maximum absolute atomic E-state index is 11.4. The monoisotopic (exact) mass is 209 g/mol. The molecule has 3 nitrogen and oxygen atoms in total. The summed E-state index contributed by atoms with van der Waals surface area (Å²) in [6.07, 6.45) is 0.646. The van der Waals surface area contributed by atoms with Crippen LogP contribution in [0, 0.1) is 11.3 Å². The van der Waals surface area contributed by atoms with Gasteiger partial charge < -0.3 is 4.74 Å². The minimum Gasteiger partial charge on any atom is -0.457 e. The van der Waals surface area contributed by atoms with Crippen molar-refractivity contribution < 1.29 is 9.53 Å². The van der Waals surface area contributed by atoms with Gasteiger partial charge in [-0.05, 0) is 17.9 Å². The lowest BCUT2D eigenvalue weighted by atomic mass is 10.2. The lowest BCUT2D eigenvalue weighted by Crippen LogP contribution is -2.16. The van der Waals surface area contributed by atoms with E-state index in [0.717, 1.165) is 0 Å². The molecule has 0 N–H and O–H groups in total. The zero-order chi connectivity index (χ0) is 10.4. The molecule has 0 aromatic carbocycles. The number of carbonyl (C=O) groups is 1. The van der Waals surface area contributed by atoms with E-state index >= 15 is 0 Å². The second-order valence-corrected chi connectivity index (χ2v) is 3.72. The van der Waals surface area contributed by atoms with Crippen molar-refractivity contribution >= 4 is 17.3 Å². The van der Waals surface area contributed by atoms with E-state index in [1.54, 1.807) is 12.1 Å². The van der Waals surface area contributed by atoms with Gasteiger partial charge in [-0.1, -0.05) is 13.0 Å². The molecule has 0 fully saturated rings. The van der Waals surface area contributed by atoms with Crippen LogP contribution >= 0.6 is 11.3 Å². The molecule has 0 amide bonds. The Balaban J connectivity index is 2.52. The van der Waals surface area contributed by atoms with Gasteiger partial charge in [0.05, 0.1) is 12.5 Å². The zero-order valence-electron chi connectivity index (χ0n) is 7.90. The molecule has 0 saturated carbocycles. The summed E-state index contributed by atoms with van der Waals surface area (Å²) >= 11 is 1.34. The highest BCUT2D eigenvalue weighted by molar-refractivity contribution is 7.11. The Labute approximate surface area is 86.9 Å². The number of carbonyl (C=O) groups excluding carboxylic acids is 1. The SMILES string of the molecule is CCC(CC#N)OC(=O)c1cccs1. The molecular formula is C10H11NO2S. The number of rotatable bonds is 4. The van der Waals surface area contributed by atoms with Crippen molar-refractivity contribution in [3.8, 4) is 6.07 Å². The van der Waals surface area contributed by atoms with E-state index in [2.05, 4.69) is 0 Å². The molecule has 1 atom stereocenters. The predicted octanol–water partition coefficient (Wildman–Crippen LogP) is 2.60. The summed E-state index contributed by atoms with van der Waals surface area (Å²) in [4.78, 5) is 12.0. The maximum atomic E-state index is 11.4. The summed E-state index contributed by atoms with van der Waals surface area (Å²) in [6.45, 7) is 1.89. The topological polar surface area (TPSA) is 50.1 Å². The molecule has 1 heterocycles. The third-order valence-electron chi connectivity index (χ3n) is 1.77. The summed E-state index contributed by atoms with van der Waals surface area (Å²) < 4.78 is 5.13. The van der Waals surface area contributed by atoms with E-state index in [1.165, 1.54) is 11.3 Å². The molecule has 0 bridgehead atoms. The summed E-state index contributed by atoms with van der Waals surface area (Å²) in [5, 5.41) is 10.3. The van der Waals surface area contributed by atoms with Crippen LogP contribution in [-0.4, -0.2) is 12.1 Å². The van der Waals surface area contributed by atoms with Crippen LogP contribution in [0.15, 0.2) is 17.5 Å².